The van der Waals surface area contributed by atoms with Crippen LogP contribution in [0.4, 0.5) is 10.5 Å². The van der Waals surface area contributed by atoms with E-state index in [4.69, 9.17) is 4.74 Å². The Bertz CT molecular complexity index is 742. The van der Waals surface area contributed by atoms with Crippen LogP contribution in [0.2, 0.25) is 0 Å². The number of hydrogen-bond donors (Lipinski definition) is 2. The molecule has 2 fully saturated rings. The van der Waals surface area contributed by atoms with E-state index in [9.17, 15) is 19.2 Å². The molecule has 2 aliphatic rings. The van der Waals surface area contributed by atoms with E-state index in [0.717, 1.165) is 30.5 Å². The van der Waals surface area contributed by atoms with Crippen molar-refractivity contribution in [3.05, 3.63) is 29.8 Å². The van der Waals surface area contributed by atoms with Crippen LogP contribution in [-0.4, -0.2) is 42.5 Å². The Morgan fingerprint density at radius 3 is 2.52 bits per heavy atom. The highest BCUT2D eigenvalue weighted by atomic mass is 16.5. The predicted molar refractivity (Wildman–Crippen MR) is 97.0 cm³/mol. The number of amides is 4. The standard InChI is InChI=1S/C19H23N3O5/c1-12(18(25)21-19(26)20-14-6-7-14)27-17(24)11-13-4-8-15(9-5-13)22-10-2-3-16(22)23/h4-5,8-9,12,14H,2-3,6-7,10-11H2,1H3,(H2,20,21,25,26). The topological polar surface area (TPSA) is 105 Å². The predicted octanol–water partition coefficient (Wildman–Crippen LogP) is 1.28. The van der Waals surface area contributed by atoms with Gasteiger partial charge in [-0.1, -0.05) is 12.1 Å². The van der Waals surface area contributed by atoms with Gasteiger partial charge in [-0.25, -0.2) is 4.79 Å². The summed E-state index contributed by atoms with van der Waals surface area (Å²) in [6, 6.07) is 6.67. The number of nitrogens with one attached hydrogen (secondary N) is 2. The van der Waals surface area contributed by atoms with Crippen molar-refractivity contribution in [3.63, 3.8) is 0 Å². The Morgan fingerprint density at radius 2 is 1.93 bits per heavy atom. The molecule has 1 unspecified atom stereocenters. The van der Waals surface area contributed by atoms with E-state index >= 15 is 0 Å². The van der Waals surface area contributed by atoms with Crippen LogP contribution in [-0.2, 0) is 25.5 Å². The molecule has 8 nitrogen and oxygen atoms in total. The Morgan fingerprint density at radius 1 is 1.22 bits per heavy atom. The van der Waals surface area contributed by atoms with Crippen molar-refractivity contribution in [1.82, 2.24) is 10.6 Å². The first kappa shape index (κ1) is 18.9. The van der Waals surface area contributed by atoms with Crippen molar-refractivity contribution >= 4 is 29.5 Å². The van der Waals surface area contributed by atoms with Crippen LogP contribution in [0.1, 0.15) is 38.2 Å². The molecule has 1 heterocycles. The molecular weight excluding hydrogens is 350 g/mol. The minimum atomic E-state index is -1.07. The fourth-order valence-corrected chi connectivity index (χ4v) is 2.84. The summed E-state index contributed by atoms with van der Waals surface area (Å²) in [5.74, 6) is -1.12. The number of carbonyl (C=O) groups excluding carboxylic acids is 4. The first-order valence-electron chi connectivity index (χ1n) is 9.12. The Balaban J connectivity index is 1.45. The van der Waals surface area contributed by atoms with Gasteiger partial charge in [0.05, 0.1) is 6.42 Å². The molecule has 8 heteroatoms. The first-order chi connectivity index (χ1) is 12.9. The van der Waals surface area contributed by atoms with Gasteiger partial charge in [-0.3, -0.25) is 19.7 Å². The molecule has 1 saturated carbocycles. The molecule has 1 atom stereocenters. The maximum absolute atomic E-state index is 12.0. The summed E-state index contributed by atoms with van der Waals surface area (Å²) < 4.78 is 5.09. The number of nitrogens with zero attached hydrogens (tertiary/aromatic N) is 1. The summed E-state index contributed by atoms with van der Waals surface area (Å²) in [6.07, 6.45) is 2.18. The van der Waals surface area contributed by atoms with Crippen molar-refractivity contribution in [1.29, 1.82) is 0 Å². The van der Waals surface area contributed by atoms with Gasteiger partial charge in [-0.05, 0) is 43.9 Å². The molecule has 144 valence electrons. The quantitative estimate of drug-likeness (QED) is 0.731. The van der Waals surface area contributed by atoms with E-state index in [-0.39, 0.29) is 18.4 Å². The van der Waals surface area contributed by atoms with Gasteiger partial charge in [-0.2, -0.15) is 0 Å². The fraction of sp³-hybridized carbons (Fsp3) is 0.474. The Kier molecular flexibility index (Phi) is 5.73. The molecule has 1 aromatic rings. The van der Waals surface area contributed by atoms with Gasteiger partial charge in [0.25, 0.3) is 5.91 Å². The van der Waals surface area contributed by atoms with Gasteiger partial charge in [0, 0.05) is 24.7 Å². The van der Waals surface area contributed by atoms with Gasteiger partial charge in [0.15, 0.2) is 6.10 Å². The summed E-state index contributed by atoms with van der Waals surface area (Å²) in [5, 5.41) is 4.78. The summed E-state index contributed by atoms with van der Waals surface area (Å²) in [6.45, 7) is 2.13. The second-order valence-electron chi connectivity index (χ2n) is 6.86. The normalized spacial score (nSPS) is 17.4. The van der Waals surface area contributed by atoms with Gasteiger partial charge < -0.3 is 15.0 Å². The van der Waals surface area contributed by atoms with E-state index in [0.29, 0.717) is 13.0 Å². The third kappa shape index (κ3) is 5.29. The third-order valence-corrected chi connectivity index (χ3v) is 4.50. The second-order valence-corrected chi connectivity index (χ2v) is 6.86. The van der Waals surface area contributed by atoms with Crippen LogP contribution in [0.3, 0.4) is 0 Å². The number of urea groups is 1. The van der Waals surface area contributed by atoms with Crippen LogP contribution >= 0.6 is 0 Å². The molecule has 1 aliphatic carbocycles. The van der Waals surface area contributed by atoms with Gasteiger partial charge in [0.2, 0.25) is 5.91 Å². The third-order valence-electron chi connectivity index (χ3n) is 4.50. The second kappa shape index (κ2) is 8.20. The maximum atomic E-state index is 12.0. The highest BCUT2D eigenvalue weighted by molar-refractivity contribution is 5.97. The lowest BCUT2D eigenvalue weighted by molar-refractivity contribution is -0.153. The lowest BCUT2D eigenvalue weighted by Gasteiger charge is -2.16. The van der Waals surface area contributed by atoms with Crippen molar-refractivity contribution in [2.24, 2.45) is 0 Å². The van der Waals surface area contributed by atoms with Crippen molar-refractivity contribution < 1.29 is 23.9 Å². The number of esters is 1. The zero-order chi connectivity index (χ0) is 19.4. The number of ether oxygens (including phenoxy) is 1. The lowest BCUT2D eigenvalue weighted by atomic mass is 10.1. The molecular formula is C19H23N3O5. The number of hydrogen-bond acceptors (Lipinski definition) is 5. The van der Waals surface area contributed by atoms with Gasteiger partial charge in [-0.15, -0.1) is 0 Å². The van der Waals surface area contributed by atoms with Crippen molar-refractivity contribution in [2.45, 2.75) is 51.2 Å². The highest BCUT2D eigenvalue weighted by Crippen LogP contribution is 2.22. The maximum Gasteiger partial charge on any atom is 0.321 e. The first-order valence-corrected chi connectivity index (χ1v) is 9.12. The Hall–Kier alpha value is -2.90. The van der Waals surface area contributed by atoms with Crippen LogP contribution in [0.5, 0.6) is 0 Å². The molecule has 27 heavy (non-hydrogen) atoms. The highest BCUT2D eigenvalue weighted by Gasteiger charge is 2.26. The van der Waals surface area contributed by atoms with Crippen LogP contribution in [0.15, 0.2) is 24.3 Å². The number of carbonyl (C=O) groups is 4. The van der Waals surface area contributed by atoms with Crippen LogP contribution in [0, 0.1) is 0 Å². The van der Waals surface area contributed by atoms with Gasteiger partial charge >= 0.3 is 12.0 Å². The molecule has 3 rings (SSSR count). The molecule has 1 saturated heterocycles. The SMILES string of the molecule is CC(OC(=O)Cc1ccc(N2CCCC2=O)cc1)C(=O)NC(=O)NC1CC1. The summed E-state index contributed by atoms with van der Waals surface area (Å²) in [4.78, 5) is 48.9. The van der Waals surface area contributed by atoms with Crippen molar-refractivity contribution in [3.8, 4) is 0 Å². The van der Waals surface area contributed by atoms with Crippen LogP contribution in [0.25, 0.3) is 0 Å². The molecule has 1 aliphatic heterocycles. The molecule has 2 N–H and O–H groups in total. The molecule has 0 bridgehead atoms. The van der Waals surface area contributed by atoms with Crippen molar-refractivity contribution in [2.75, 3.05) is 11.4 Å². The van der Waals surface area contributed by atoms with Gasteiger partial charge in [0.1, 0.15) is 0 Å². The van der Waals surface area contributed by atoms with E-state index in [2.05, 4.69) is 10.6 Å². The summed E-state index contributed by atoms with van der Waals surface area (Å²) in [7, 11) is 0. The smallest absolute Gasteiger partial charge is 0.321 e. The van der Waals surface area contributed by atoms with E-state index in [1.807, 2.05) is 0 Å². The fourth-order valence-electron chi connectivity index (χ4n) is 2.84. The molecule has 4 amide bonds. The van der Waals surface area contributed by atoms with E-state index in [1.165, 1.54) is 6.92 Å². The number of benzene rings is 1. The monoisotopic (exact) mass is 373 g/mol. The number of rotatable bonds is 6. The summed E-state index contributed by atoms with van der Waals surface area (Å²) >= 11 is 0. The lowest BCUT2D eigenvalue weighted by Crippen LogP contribution is -2.45. The molecule has 1 aromatic carbocycles. The Labute approximate surface area is 157 Å². The van der Waals surface area contributed by atoms with E-state index in [1.54, 1.807) is 29.2 Å². The van der Waals surface area contributed by atoms with Crippen LogP contribution < -0.4 is 15.5 Å². The summed E-state index contributed by atoms with van der Waals surface area (Å²) in [5.41, 5.74) is 1.53. The van der Waals surface area contributed by atoms with E-state index < -0.39 is 24.0 Å². The molecule has 0 radical (unpaired) electrons. The number of imide groups is 1. The molecule has 0 aromatic heterocycles. The minimum Gasteiger partial charge on any atom is -0.452 e. The zero-order valence-corrected chi connectivity index (χ0v) is 15.2. The minimum absolute atomic E-state index is 0.000116. The average molecular weight is 373 g/mol. The average Bonchev–Trinajstić information content (AvgIpc) is 3.33. The molecule has 0 spiro atoms. The largest absolute Gasteiger partial charge is 0.452 e. The zero-order valence-electron chi connectivity index (χ0n) is 15.2. The number of anilines is 1.